The van der Waals surface area contributed by atoms with Gasteiger partial charge in [-0.3, -0.25) is 19.1 Å². The number of piperidine rings is 1. The molecule has 10 heteroatoms. The van der Waals surface area contributed by atoms with E-state index in [0.717, 1.165) is 76.9 Å². The first-order valence-corrected chi connectivity index (χ1v) is 19.4. The van der Waals surface area contributed by atoms with E-state index >= 15 is 0 Å². The van der Waals surface area contributed by atoms with Crippen LogP contribution in [0.4, 0.5) is 0 Å². The summed E-state index contributed by atoms with van der Waals surface area (Å²) in [6, 6.07) is 39.0. The van der Waals surface area contributed by atoms with Gasteiger partial charge >= 0.3 is 5.69 Å². The number of imide groups is 1. The fourth-order valence-electron chi connectivity index (χ4n) is 8.63. The minimum absolute atomic E-state index is 0.0195. The van der Waals surface area contributed by atoms with Crippen LogP contribution in [-0.4, -0.2) is 62.0 Å². The number of likely N-dealkylation sites (tertiary alicyclic amines) is 1. The molecule has 9 rings (SSSR count). The van der Waals surface area contributed by atoms with Gasteiger partial charge in [0.1, 0.15) is 0 Å². The highest BCUT2D eigenvalue weighted by Gasteiger charge is 2.40. The van der Waals surface area contributed by atoms with E-state index in [1.54, 1.807) is 24.3 Å². The Morgan fingerprint density at radius 2 is 1.39 bits per heavy atom. The number of aromatic amines is 1. The van der Waals surface area contributed by atoms with Crippen LogP contribution in [0.15, 0.2) is 126 Å². The summed E-state index contributed by atoms with van der Waals surface area (Å²) in [7, 11) is 0. The Hall–Kier alpha value is -5.65. The normalized spacial score (nSPS) is 21.9. The number of aliphatic hydroxyl groups is 1. The minimum Gasteiger partial charge on any atom is -0.392 e. The Morgan fingerprint density at radius 3 is 2.11 bits per heavy atom. The Balaban J connectivity index is 0.916. The number of nitrogens with one attached hydrogen (secondary N) is 1. The summed E-state index contributed by atoms with van der Waals surface area (Å²) in [5.74, 6) is -0.492. The Morgan fingerprint density at radius 1 is 0.714 bits per heavy atom. The molecule has 2 amide bonds. The van der Waals surface area contributed by atoms with Crippen LogP contribution in [-0.2, 0) is 22.6 Å². The van der Waals surface area contributed by atoms with Crippen LogP contribution < -0.4 is 5.69 Å². The van der Waals surface area contributed by atoms with Crippen molar-refractivity contribution in [3.63, 3.8) is 0 Å². The van der Waals surface area contributed by atoms with Crippen LogP contribution in [0.1, 0.15) is 81.2 Å². The number of carbonyl (C=O) groups excluding carboxylic acids is 2. The molecular weight excluding hydrogens is 705 g/mol. The van der Waals surface area contributed by atoms with E-state index < -0.39 is 6.29 Å². The Kier molecular flexibility index (Phi) is 9.72. The smallest absolute Gasteiger partial charge is 0.326 e. The van der Waals surface area contributed by atoms with Crippen molar-refractivity contribution in [2.75, 3.05) is 19.6 Å². The van der Waals surface area contributed by atoms with Gasteiger partial charge in [0.2, 0.25) is 0 Å². The monoisotopic (exact) mass is 748 g/mol. The molecule has 6 aromatic rings. The molecule has 2 N–H and O–H groups in total. The molecule has 5 aromatic carbocycles. The number of para-hydroxylation sites is 2. The molecule has 10 nitrogen and oxygen atoms in total. The number of carbonyl (C=O) groups is 2. The van der Waals surface area contributed by atoms with E-state index in [1.165, 1.54) is 4.90 Å². The fraction of sp³-hybridized carbons (Fsp3) is 0.283. The zero-order valence-corrected chi connectivity index (χ0v) is 31.2. The van der Waals surface area contributed by atoms with Gasteiger partial charge in [0.15, 0.2) is 6.29 Å². The summed E-state index contributed by atoms with van der Waals surface area (Å²) >= 11 is 0. The first-order valence-electron chi connectivity index (χ1n) is 19.4. The molecule has 3 aliphatic rings. The first kappa shape index (κ1) is 36.0. The molecule has 2 saturated heterocycles. The summed E-state index contributed by atoms with van der Waals surface area (Å²) in [6.07, 6.45) is 0.788. The summed E-state index contributed by atoms with van der Waals surface area (Å²) < 4.78 is 15.5. The van der Waals surface area contributed by atoms with Crippen LogP contribution in [0.25, 0.3) is 22.2 Å². The third kappa shape index (κ3) is 6.79. The molecule has 0 unspecified atom stereocenters. The van der Waals surface area contributed by atoms with Crippen molar-refractivity contribution < 1.29 is 24.2 Å². The fourth-order valence-corrected chi connectivity index (χ4v) is 8.63. The summed E-state index contributed by atoms with van der Waals surface area (Å²) in [4.78, 5) is 45.7. The highest BCUT2D eigenvalue weighted by Crippen LogP contribution is 2.42. The van der Waals surface area contributed by atoms with Crippen molar-refractivity contribution in [2.24, 2.45) is 5.92 Å². The lowest BCUT2D eigenvalue weighted by atomic mass is 9.89. The maximum Gasteiger partial charge on any atom is 0.326 e. The van der Waals surface area contributed by atoms with Gasteiger partial charge in [-0.05, 0) is 71.0 Å². The van der Waals surface area contributed by atoms with Crippen molar-refractivity contribution in [1.29, 1.82) is 0 Å². The standard InChI is InChI=1S/C46H44N4O6/c1-29-41(27-48-23-21-36(22-24-48)50-40-12-5-4-11-39(40)47-46(50)54)55-45(56-42(29)33-15-13-30(28-51)14-16-33)34-19-17-32(18-20-34)35-8-6-7-31(25-35)26-49-43(52)37-9-2-3-10-38(37)44(49)53/h2-20,25,29,36,41-42,45,51H,21-24,26-28H2,1H3,(H,47,54)/t29-,41+,42+,45+/m0/s1. The molecule has 56 heavy (non-hydrogen) atoms. The molecule has 0 aliphatic carbocycles. The molecule has 4 atom stereocenters. The molecule has 2 fully saturated rings. The number of aliphatic hydroxyl groups excluding tert-OH is 1. The van der Waals surface area contributed by atoms with E-state index in [2.05, 4.69) is 28.9 Å². The molecule has 4 heterocycles. The third-order valence-corrected chi connectivity index (χ3v) is 11.8. The van der Waals surface area contributed by atoms with Crippen LogP contribution in [0.3, 0.4) is 0 Å². The molecule has 284 valence electrons. The highest BCUT2D eigenvalue weighted by molar-refractivity contribution is 6.21. The molecule has 1 aromatic heterocycles. The zero-order valence-electron chi connectivity index (χ0n) is 31.2. The quantitative estimate of drug-likeness (QED) is 0.148. The number of hydrogen-bond donors (Lipinski definition) is 2. The molecule has 0 bridgehead atoms. The number of benzene rings is 5. The molecule has 0 spiro atoms. The topological polar surface area (TPSA) is 117 Å². The van der Waals surface area contributed by atoms with E-state index in [4.69, 9.17) is 9.47 Å². The van der Waals surface area contributed by atoms with Gasteiger partial charge in [0, 0.05) is 37.2 Å². The van der Waals surface area contributed by atoms with Gasteiger partial charge in [0.25, 0.3) is 11.8 Å². The minimum atomic E-state index is -0.602. The Labute approximate surface area is 324 Å². The number of nitrogens with zero attached hydrogens (tertiary/aromatic N) is 3. The number of rotatable bonds is 9. The lowest BCUT2D eigenvalue weighted by Gasteiger charge is -2.44. The molecule has 0 radical (unpaired) electrons. The summed E-state index contributed by atoms with van der Waals surface area (Å²) in [5.41, 5.74) is 8.29. The van der Waals surface area contributed by atoms with Crippen molar-refractivity contribution in [2.45, 2.75) is 57.5 Å². The second kappa shape index (κ2) is 15.1. The van der Waals surface area contributed by atoms with Crippen LogP contribution in [0.2, 0.25) is 0 Å². The third-order valence-electron chi connectivity index (χ3n) is 11.8. The molecular formula is C46H44N4O6. The first-order chi connectivity index (χ1) is 27.3. The van der Waals surface area contributed by atoms with Gasteiger partial charge < -0.3 is 24.5 Å². The van der Waals surface area contributed by atoms with Gasteiger partial charge in [-0.25, -0.2) is 4.79 Å². The maximum absolute atomic E-state index is 13.0. The highest BCUT2D eigenvalue weighted by atomic mass is 16.7. The van der Waals surface area contributed by atoms with Crippen LogP contribution in [0.5, 0.6) is 0 Å². The number of amides is 2. The van der Waals surface area contributed by atoms with E-state index in [1.807, 2.05) is 89.5 Å². The Bertz CT molecular complexity index is 2410. The lowest BCUT2D eigenvalue weighted by molar-refractivity contribution is -0.276. The largest absolute Gasteiger partial charge is 0.392 e. The number of fused-ring (bicyclic) bond motifs is 2. The second-order valence-corrected chi connectivity index (χ2v) is 15.2. The van der Waals surface area contributed by atoms with Gasteiger partial charge in [-0.15, -0.1) is 0 Å². The predicted octanol–water partition coefficient (Wildman–Crippen LogP) is 7.41. The molecule has 3 aliphatic heterocycles. The van der Waals surface area contributed by atoms with Crippen molar-refractivity contribution in [3.8, 4) is 11.1 Å². The summed E-state index contributed by atoms with van der Waals surface area (Å²) in [6.45, 7) is 4.80. The zero-order chi connectivity index (χ0) is 38.3. The van der Waals surface area contributed by atoms with Crippen molar-refractivity contribution in [1.82, 2.24) is 19.4 Å². The molecule has 0 saturated carbocycles. The lowest BCUT2D eigenvalue weighted by Crippen LogP contribution is -2.47. The number of aromatic nitrogens is 2. The number of H-pyrrole nitrogens is 1. The predicted molar refractivity (Wildman–Crippen MR) is 213 cm³/mol. The van der Waals surface area contributed by atoms with Crippen LogP contribution in [0, 0.1) is 5.92 Å². The average molecular weight is 749 g/mol. The average Bonchev–Trinajstić information content (AvgIpc) is 3.70. The van der Waals surface area contributed by atoms with Gasteiger partial charge in [0.05, 0.1) is 47.5 Å². The van der Waals surface area contributed by atoms with E-state index in [9.17, 15) is 19.5 Å². The van der Waals surface area contributed by atoms with E-state index in [-0.39, 0.29) is 54.8 Å². The van der Waals surface area contributed by atoms with Crippen molar-refractivity contribution >= 4 is 22.8 Å². The van der Waals surface area contributed by atoms with Gasteiger partial charge in [-0.1, -0.05) is 97.9 Å². The van der Waals surface area contributed by atoms with Gasteiger partial charge in [-0.2, -0.15) is 0 Å². The number of hydrogen-bond acceptors (Lipinski definition) is 7. The second-order valence-electron chi connectivity index (χ2n) is 15.2. The number of ether oxygens (including phenoxy) is 2. The maximum atomic E-state index is 13.0. The SMILES string of the molecule is C[C@H]1[C@@H](CN2CCC(n3c(=O)[nH]c4ccccc43)CC2)O[C@@H](c2ccc(-c3cccc(CN4C(=O)c5ccccc5C4=O)c3)cc2)O[C@H]1c1ccc(CO)cc1. The van der Waals surface area contributed by atoms with E-state index in [0.29, 0.717) is 11.1 Å². The van der Waals surface area contributed by atoms with Crippen molar-refractivity contribution in [3.05, 3.63) is 165 Å². The van der Waals surface area contributed by atoms with Crippen LogP contribution >= 0.6 is 0 Å². The summed E-state index contributed by atoms with van der Waals surface area (Å²) in [5, 5.41) is 9.68. The number of imidazole rings is 1.